The van der Waals surface area contributed by atoms with Crippen LogP contribution in [0.4, 0.5) is 0 Å². The normalized spacial score (nSPS) is 13.9. The number of fused-ring (bicyclic) bond motifs is 3. The molecule has 3 aromatic rings. The van der Waals surface area contributed by atoms with Crippen LogP contribution in [-0.4, -0.2) is 4.98 Å². The number of aromatic nitrogens is 2. The molecule has 0 unspecified atom stereocenters. The van der Waals surface area contributed by atoms with Crippen LogP contribution in [0.1, 0.15) is 30.7 Å². The average Bonchev–Trinajstić information content (AvgIpc) is 2.82. The minimum atomic E-state index is -0.110. The molecule has 0 radical (unpaired) electrons. The van der Waals surface area contributed by atoms with Crippen LogP contribution >= 0.6 is 0 Å². The maximum Gasteiger partial charge on any atom is 0.169 e. The summed E-state index contributed by atoms with van der Waals surface area (Å²) in [6.07, 6.45) is 5.98. The SMILES string of the molecule is C[n+]1ccc(-c2ccc3c(c2)C(C)(C)c2cnc(C#N)cc2-3)cc1. The highest BCUT2D eigenvalue weighted by molar-refractivity contribution is 5.83. The fraction of sp³-hybridized carbons (Fsp3) is 0.190. The lowest BCUT2D eigenvalue weighted by molar-refractivity contribution is -0.671. The molecule has 0 spiro atoms. The number of nitrogens with zero attached hydrogens (tertiary/aromatic N) is 3. The van der Waals surface area contributed by atoms with Crippen molar-refractivity contribution in [3.63, 3.8) is 0 Å². The van der Waals surface area contributed by atoms with E-state index in [-0.39, 0.29) is 5.41 Å². The van der Waals surface area contributed by atoms with E-state index in [0.717, 1.165) is 5.56 Å². The van der Waals surface area contributed by atoms with Crippen LogP contribution in [-0.2, 0) is 12.5 Å². The lowest BCUT2D eigenvalue weighted by atomic mass is 9.82. The van der Waals surface area contributed by atoms with Gasteiger partial charge in [-0.1, -0.05) is 26.0 Å². The highest BCUT2D eigenvalue weighted by atomic mass is 14.9. The number of aryl methyl sites for hydroxylation is 1. The van der Waals surface area contributed by atoms with Crippen molar-refractivity contribution in [3.8, 4) is 28.3 Å². The third kappa shape index (κ3) is 2.04. The van der Waals surface area contributed by atoms with E-state index in [1.807, 2.05) is 23.9 Å². The molecule has 3 heteroatoms. The Labute approximate surface area is 141 Å². The van der Waals surface area contributed by atoms with Crippen molar-refractivity contribution in [2.24, 2.45) is 7.05 Å². The van der Waals surface area contributed by atoms with E-state index in [1.54, 1.807) is 0 Å². The monoisotopic (exact) mass is 312 g/mol. The Morgan fingerprint density at radius 3 is 2.42 bits per heavy atom. The molecule has 0 saturated heterocycles. The van der Waals surface area contributed by atoms with E-state index < -0.39 is 0 Å². The lowest BCUT2D eigenvalue weighted by Gasteiger charge is -2.21. The average molecular weight is 312 g/mol. The first-order valence-electron chi connectivity index (χ1n) is 8.02. The zero-order chi connectivity index (χ0) is 16.9. The van der Waals surface area contributed by atoms with Crippen LogP contribution in [0, 0.1) is 11.3 Å². The van der Waals surface area contributed by atoms with E-state index in [4.69, 9.17) is 5.26 Å². The summed E-state index contributed by atoms with van der Waals surface area (Å²) in [5.74, 6) is 0. The molecule has 0 amide bonds. The summed E-state index contributed by atoms with van der Waals surface area (Å²) in [6.45, 7) is 4.44. The number of hydrogen-bond donors (Lipinski definition) is 0. The Morgan fingerprint density at radius 2 is 1.71 bits per heavy atom. The van der Waals surface area contributed by atoms with Gasteiger partial charge in [0.25, 0.3) is 0 Å². The van der Waals surface area contributed by atoms with Gasteiger partial charge < -0.3 is 0 Å². The summed E-state index contributed by atoms with van der Waals surface area (Å²) in [7, 11) is 2.02. The standard InChI is InChI=1S/C21H18N3/c1-21(2)19-10-15(14-6-8-24(3)9-7-14)4-5-17(19)18-11-16(12-22)23-13-20(18)21/h4-11,13H,1-3H3/q+1. The molecule has 0 atom stereocenters. The van der Waals surface area contributed by atoms with Gasteiger partial charge in [-0.3, -0.25) is 0 Å². The van der Waals surface area contributed by atoms with Gasteiger partial charge in [0.05, 0.1) is 0 Å². The predicted molar refractivity (Wildman–Crippen MR) is 93.1 cm³/mol. The Kier molecular flexibility index (Phi) is 3.04. The van der Waals surface area contributed by atoms with Crippen LogP contribution in [0.3, 0.4) is 0 Å². The summed E-state index contributed by atoms with van der Waals surface area (Å²) in [6, 6.07) is 14.9. The molecule has 0 fully saturated rings. The Bertz CT molecular complexity index is 993. The third-order valence-electron chi connectivity index (χ3n) is 4.99. The van der Waals surface area contributed by atoms with Gasteiger partial charge in [0.1, 0.15) is 18.8 Å². The minimum absolute atomic E-state index is 0.110. The van der Waals surface area contributed by atoms with E-state index >= 15 is 0 Å². The molecule has 116 valence electrons. The molecule has 4 rings (SSSR count). The van der Waals surface area contributed by atoms with Crippen LogP contribution in [0.2, 0.25) is 0 Å². The van der Waals surface area contributed by atoms with Crippen molar-refractivity contribution in [2.45, 2.75) is 19.3 Å². The van der Waals surface area contributed by atoms with Gasteiger partial charge in [0, 0.05) is 23.7 Å². The van der Waals surface area contributed by atoms with Gasteiger partial charge in [-0.05, 0) is 45.5 Å². The van der Waals surface area contributed by atoms with E-state index in [2.05, 4.69) is 67.6 Å². The molecule has 2 aromatic heterocycles. The van der Waals surface area contributed by atoms with E-state index in [1.165, 1.54) is 27.8 Å². The van der Waals surface area contributed by atoms with Crippen molar-refractivity contribution in [2.75, 3.05) is 0 Å². The van der Waals surface area contributed by atoms with Crippen molar-refractivity contribution < 1.29 is 4.57 Å². The summed E-state index contributed by atoms with van der Waals surface area (Å²) in [5.41, 5.74) is 7.60. The van der Waals surface area contributed by atoms with Gasteiger partial charge in [-0.15, -0.1) is 0 Å². The van der Waals surface area contributed by atoms with Crippen molar-refractivity contribution >= 4 is 0 Å². The molecule has 2 heterocycles. The Hall–Kier alpha value is -2.99. The predicted octanol–water partition coefficient (Wildman–Crippen LogP) is 3.75. The fourth-order valence-electron chi connectivity index (χ4n) is 3.55. The molecule has 24 heavy (non-hydrogen) atoms. The maximum absolute atomic E-state index is 9.15. The zero-order valence-electron chi connectivity index (χ0n) is 14.0. The highest BCUT2D eigenvalue weighted by Crippen LogP contribution is 2.49. The van der Waals surface area contributed by atoms with Crippen LogP contribution in [0.5, 0.6) is 0 Å². The van der Waals surface area contributed by atoms with Gasteiger partial charge in [-0.2, -0.15) is 5.26 Å². The first-order chi connectivity index (χ1) is 11.5. The number of benzene rings is 1. The Balaban J connectivity index is 1.90. The molecule has 1 aliphatic rings. The maximum atomic E-state index is 9.15. The quantitative estimate of drug-likeness (QED) is 0.642. The highest BCUT2D eigenvalue weighted by Gasteiger charge is 2.36. The topological polar surface area (TPSA) is 40.6 Å². The van der Waals surface area contributed by atoms with Crippen molar-refractivity contribution in [3.05, 3.63) is 71.8 Å². The van der Waals surface area contributed by atoms with Crippen molar-refractivity contribution in [1.29, 1.82) is 5.26 Å². The van der Waals surface area contributed by atoms with Crippen LogP contribution < -0.4 is 4.57 Å². The van der Waals surface area contributed by atoms with Gasteiger partial charge in [0.2, 0.25) is 0 Å². The zero-order valence-corrected chi connectivity index (χ0v) is 14.0. The smallest absolute Gasteiger partial charge is 0.169 e. The summed E-state index contributed by atoms with van der Waals surface area (Å²) < 4.78 is 2.03. The minimum Gasteiger partial charge on any atom is -0.245 e. The fourth-order valence-corrected chi connectivity index (χ4v) is 3.55. The Morgan fingerprint density at radius 1 is 0.958 bits per heavy atom. The van der Waals surface area contributed by atoms with E-state index in [9.17, 15) is 0 Å². The summed E-state index contributed by atoms with van der Waals surface area (Å²) in [5, 5.41) is 9.15. The van der Waals surface area contributed by atoms with Crippen LogP contribution in [0.15, 0.2) is 55.0 Å². The molecule has 1 aromatic carbocycles. The second-order valence-electron chi connectivity index (χ2n) is 6.86. The molecule has 0 N–H and O–H groups in total. The molecular weight excluding hydrogens is 294 g/mol. The first-order valence-corrected chi connectivity index (χ1v) is 8.02. The van der Waals surface area contributed by atoms with Crippen LogP contribution in [0.25, 0.3) is 22.3 Å². The van der Waals surface area contributed by atoms with Gasteiger partial charge >= 0.3 is 0 Å². The second-order valence-corrected chi connectivity index (χ2v) is 6.86. The molecule has 0 saturated carbocycles. The molecule has 3 nitrogen and oxygen atoms in total. The summed E-state index contributed by atoms with van der Waals surface area (Å²) >= 11 is 0. The second kappa shape index (κ2) is 5.01. The number of rotatable bonds is 1. The van der Waals surface area contributed by atoms with Crippen molar-refractivity contribution in [1.82, 2.24) is 4.98 Å². The molecule has 0 bridgehead atoms. The molecule has 1 aliphatic carbocycles. The first kappa shape index (κ1) is 14.6. The lowest BCUT2D eigenvalue weighted by Crippen LogP contribution is -2.25. The largest absolute Gasteiger partial charge is 0.245 e. The summed E-state index contributed by atoms with van der Waals surface area (Å²) in [4.78, 5) is 4.27. The number of nitriles is 1. The van der Waals surface area contributed by atoms with Gasteiger partial charge in [-0.25, -0.2) is 9.55 Å². The number of hydrogen-bond acceptors (Lipinski definition) is 2. The van der Waals surface area contributed by atoms with Gasteiger partial charge in [0.15, 0.2) is 12.4 Å². The molecule has 0 aliphatic heterocycles. The van der Waals surface area contributed by atoms with E-state index in [0.29, 0.717) is 5.69 Å². The number of pyridine rings is 2. The molecular formula is C21H18N3+. The third-order valence-corrected chi connectivity index (χ3v) is 4.99.